The maximum atomic E-state index is 12.7. The Bertz CT molecular complexity index is 1260. The summed E-state index contributed by atoms with van der Waals surface area (Å²) < 4.78 is 38.2. The van der Waals surface area contributed by atoms with Gasteiger partial charge in [0.05, 0.1) is 16.8 Å². The number of halogens is 3. The molecule has 3 heterocycles. The van der Waals surface area contributed by atoms with Crippen LogP contribution in [0.4, 0.5) is 13.2 Å². The molecule has 30 heavy (non-hydrogen) atoms. The van der Waals surface area contributed by atoms with Gasteiger partial charge in [-0.2, -0.15) is 13.2 Å². The molecule has 0 unspecified atom stereocenters. The third-order valence-electron chi connectivity index (χ3n) is 4.92. The maximum absolute atomic E-state index is 12.7. The van der Waals surface area contributed by atoms with Gasteiger partial charge in [-0.05, 0) is 12.1 Å². The molecule has 0 amide bonds. The lowest BCUT2D eigenvalue weighted by Crippen LogP contribution is -2.37. The molecular formula is C19H16F3N5O3. The number of nitrogens with one attached hydrogen (secondary N) is 3. The van der Waals surface area contributed by atoms with Gasteiger partial charge in [0.15, 0.2) is 0 Å². The first-order chi connectivity index (χ1) is 14.2. The standard InChI is InChI=1S/C19H16F3N5O3/c20-19(21,22)12-3-1-10(2-4-12)15-24-14-5-6-27(9-13(14)17(29)25-15)8-11-7-23-18(30)26-16(11)28/h1-4,7H,5-6,8-9H2,(H,24,25,29)(H2,23,26,28,30). The van der Waals surface area contributed by atoms with E-state index in [2.05, 4.69) is 19.9 Å². The summed E-state index contributed by atoms with van der Waals surface area (Å²) in [5.41, 5.74) is -0.486. The smallest absolute Gasteiger partial charge is 0.314 e. The normalized spacial score (nSPS) is 14.5. The highest BCUT2D eigenvalue weighted by Crippen LogP contribution is 2.30. The first-order valence-electron chi connectivity index (χ1n) is 9.03. The third kappa shape index (κ3) is 3.96. The molecule has 4 rings (SSSR count). The summed E-state index contributed by atoms with van der Waals surface area (Å²) in [4.78, 5) is 49.1. The van der Waals surface area contributed by atoms with Gasteiger partial charge in [-0.3, -0.25) is 19.5 Å². The van der Waals surface area contributed by atoms with Crippen molar-refractivity contribution in [2.75, 3.05) is 6.54 Å². The predicted molar refractivity (Wildman–Crippen MR) is 101 cm³/mol. The van der Waals surface area contributed by atoms with Gasteiger partial charge in [0, 0.05) is 43.4 Å². The van der Waals surface area contributed by atoms with Crippen molar-refractivity contribution in [1.82, 2.24) is 24.8 Å². The van der Waals surface area contributed by atoms with Gasteiger partial charge in [0.1, 0.15) is 5.82 Å². The topological polar surface area (TPSA) is 115 Å². The van der Waals surface area contributed by atoms with Crippen molar-refractivity contribution in [2.45, 2.75) is 25.7 Å². The van der Waals surface area contributed by atoms with E-state index in [-0.39, 0.29) is 24.5 Å². The molecule has 0 saturated carbocycles. The molecule has 0 saturated heterocycles. The highest BCUT2D eigenvalue weighted by molar-refractivity contribution is 5.56. The highest BCUT2D eigenvalue weighted by atomic mass is 19.4. The number of H-pyrrole nitrogens is 3. The Labute approximate surface area is 166 Å². The lowest BCUT2D eigenvalue weighted by atomic mass is 10.1. The van der Waals surface area contributed by atoms with Gasteiger partial charge in [0.2, 0.25) is 0 Å². The number of alkyl halides is 3. The van der Waals surface area contributed by atoms with Crippen LogP contribution in [-0.2, 0) is 25.7 Å². The number of aromatic nitrogens is 4. The molecule has 1 aliphatic rings. The van der Waals surface area contributed by atoms with Crippen LogP contribution in [0, 0.1) is 0 Å². The van der Waals surface area contributed by atoms with Crippen molar-refractivity contribution in [1.29, 1.82) is 0 Å². The molecule has 1 aliphatic heterocycles. The van der Waals surface area contributed by atoms with Crippen LogP contribution in [-0.4, -0.2) is 31.4 Å². The number of rotatable bonds is 3. The first kappa shape index (κ1) is 19.8. The summed E-state index contributed by atoms with van der Waals surface area (Å²) in [5, 5.41) is 0. The van der Waals surface area contributed by atoms with E-state index < -0.39 is 23.0 Å². The monoisotopic (exact) mass is 419 g/mol. The quantitative estimate of drug-likeness (QED) is 0.594. The minimum atomic E-state index is -4.44. The molecule has 0 spiro atoms. The van der Waals surface area contributed by atoms with E-state index in [0.717, 1.165) is 12.1 Å². The summed E-state index contributed by atoms with van der Waals surface area (Å²) in [6, 6.07) is 4.42. The van der Waals surface area contributed by atoms with Crippen LogP contribution in [0.1, 0.15) is 22.4 Å². The lowest BCUT2D eigenvalue weighted by Gasteiger charge is -2.27. The fourth-order valence-corrected chi connectivity index (χ4v) is 3.37. The summed E-state index contributed by atoms with van der Waals surface area (Å²) in [6.07, 6.45) is -2.66. The predicted octanol–water partition coefficient (Wildman–Crippen LogP) is 1.39. The van der Waals surface area contributed by atoms with Crippen molar-refractivity contribution in [2.24, 2.45) is 0 Å². The number of hydrogen-bond donors (Lipinski definition) is 3. The average molecular weight is 419 g/mol. The molecule has 0 fully saturated rings. The minimum absolute atomic E-state index is 0.206. The molecule has 156 valence electrons. The second-order valence-electron chi connectivity index (χ2n) is 6.97. The van der Waals surface area contributed by atoms with Crippen molar-refractivity contribution < 1.29 is 13.2 Å². The van der Waals surface area contributed by atoms with E-state index in [1.54, 1.807) is 0 Å². The van der Waals surface area contributed by atoms with Crippen molar-refractivity contribution >= 4 is 0 Å². The molecule has 2 aromatic heterocycles. The average Bonchev–Trinajstić information content (AvgIpc) is 2.70. The largest absolute Gasteiger partial charge is 0.416 e. The van der Waals surface area contributed by atoms with Gasteiger partial charge in [-0.25, -0.2) is 9.78 Å². The van der Waals surface area contributed by atoms with Crippen molar-refractivity contribution in [3.8, 4) is 11.4 Å². The molecule has 3 aromatic rings. The zero-order chi connectivity index (χ0) is 21.5. The zero-order valence-corrected chi connectivity index (χ0v) is 15.5. The van der Waals surface area contributed by atoms with Crippen molar-refractivity contribution in [3.63, 3.8) is 0 Å². The fraction of sp³-hybridized carbons (Fsp3) is 0.263. The second-order valence-corrected chi connectivity index (χ2v) is 6.97. The number of nitrogens with zero attached hydrogens (tertiary/aromatic N) is 2. The number of fused-ring (bicyclic) bond motifs is 1. The van der Waals surface area contributed by atoms with Crippen molar-refractivity contribution in [3.05, 3.63) is 84.0 Å². The van der Waals surface area contributed by atoms with Gasteiger partial charge >= 0.3 is 11.9 Å². The van der Waals surface area contributed by atoms with Crippen LogP contribution < -0.4 is 16.8 Å². The Morgan fingerprint density at radius 3 is 2.43 bits per heavy atom. The van der Waals surface area contributed by atoms with Crippen LogP contribution in [0.5, 0.6) is 0 Å². The van der Waals surface area contributed by atoms with Crippen LogP contribution in [0.3, 0.4) is 0 Å². The van der Waals surface area contributed by atoms with E-state index in [1.165, 1.54) is 18.3 Å². The van der Waals surface area contributed by atoms with Gasteiger partial charge in [-0.1, -0.05) is 12.1 Å². The zero-order valence-electron chi connectivity index (χ0n) is 15.5. The molecule has 1 aromatic carbocycles. The van der Waals surface area contributed by atoms with E-state index >= 15 is 0 Å². The van der Waals surface area contributed by atoms with E-state index in [9.17, 15) is 27.6 Å². The minimum Gasteiger partial charge on any atom is -0.314 e. The summed E-state index contributed by atoms with van der Waals surface area (Å²) >= 11 is 0. The maximum Gasteiger partial charge on any atom is 0.416 e. The third-order valence-corrected chi connectivity index (χ3v) is 4.92. The molecular weight excluding hydrogens is 403 g/mol. The number of aromatic amines is 3. The Balaban J connectivity index is 1.57. The Kier molecular flexibility index (Phi) is 4.90. The molecule has 0 atom stereocenters. The second kappa shape index (κ2) is 7.41. The number of hydrogen-bond acceptors (Lipinski definition) is 5. The lowest BCUT2D eigenvalue weighted by molar-refractivity contribution is -0.137. The first-order valence-corrected chi connectivity index (χ1v) is 9.03. The molecule has 0 bridgehead atoms. The van der Waals surface area contributed by atoms with Gasteiger partial charge < -0.3 is 9.97 Å². The highest BCUT2D eigenvalue weighted by Gasteiger charge is 2.30. The van der Waals surface area contributed by atoms with Crippen LogP contribution in [0.2, 0.25) is 0 Å². The number of benzene rings is 1. The summed E-state index contributed by atoms with van der Waals surface area (Å²) in [6.45, 7) is 1.02. The molecule has 0 radical (unpaired) electrons. The van der Waals surface area contributed by atoms with Gasteiger partial charge in [0.25, 0.3) is 11.1 Å². The van der Waals surface area contributed by atoms with Gasteiger partial charge in [-0.15, -0.1) is 0 Å². The molecule has 11 heteroatoms. The van der Waals surface area contributed by atoms with Crippen LogP contribution in [0.25, 0.3) is 11.4 Å². The fourth-order valence-electron chi connectivity index (χ4n) is 3.37. The molecule has 8 nitrogen and oxygen atoms in total. The Hall–Kier alpha value is -3.47. The van der Waals surface area contributed by atoms with Crippen LogP contribution in [0.15, 0.2) is 44.8 Å². The Morgan fingerprint density at radius 1 is 1.03 bits per heavy atom. The summed E-state index contributed by atoms with van der Waals surface area (Å²) in [7, 11) is 0. The van der Waals surface area contributed by atoms with E-state index in [0.29, 0.717) is 35.3 Å². The Morgan fingerprint density at radius 2 is 1.77 bits per heavy atom. The van der Waals surface area contributed by atoms with Crippen LogP contribution >= 0.6 is 0 Å². The molecule has 0 aliphatic carbocycles. The molecule has 3 N–H and O–H groups in total. The summed E-state index contributed by atoms with van der Waals surface area (Å²) in [5.74, 6) is 0.206. The SMILES string of the molecule is O=c1[nH]cc(CN2CCc3nc(-c4ccc(C(F)(F)F)cc4)[nH]c(=O)c3C2)c(=O)[nH]1. The van der Waals surface area contributed by atoms with E-state index in [4.69, 9.17) is 0 Å². The van der Waals surface area contributed by atoms with E-state index in [1.807, 2.05) is 4.90 Å².